The van der Waals surface area contributed by atoms with Crippen LogP contribution in [0.15, 0.2) is 17.3 Å². The Hall–Kier alpha value is -1.54. The fourth-order valence-electron chi connectivity index (χ4n) is 1.62. The molecule has 6 nitrogen and oxygen atoms in total. The molecule has 0 spiro atoms. The lowest BCUT2D eigenvalue weighted by Gasteiger charge is -2.10. The fourth-order valence-corrected chi connectivity index (χ4v) is 2.25. The Morgan fingerprint density at radius 2 is 2.22 bits per heavy atom. The van der Waals surface area contributed by atoms with Gasteiger partial charge in [-0.1, -0.05) is 3.89 Å². The van der Waals surface area contributed by atoms with Crippen LogP contribution in [0.25, 0.3) is 11.0 Å². The summed E-state index contributed by atoms with van der Waals surface area (Å²) in [5.74, 6) is 0.128. The number of hydrogen-bond donors (Lipinski definition) is 1. The van der Waals surface area contributed by atoms with Crippen LogP contribution < -0.4 is 0 Å². The molecule has 18 heavy (non-hydrogen) atoms. The van der Waals surface area contributed by atoms with Crippen LogP contribution in [0.2, 0.25) is 0 Å². The lowest BCUT2D eigenvalue weighted by molar-refractivity contribution is 0.0698. The first-order valence-electron chi connectivity index (χ1n) is 5.34. The predicted molar refractivity (Wildman–Crippen MR) is 62.2 cm³/mol. The maximum absolute atomic E-state index is 13.2. The molecule has 2 rings (SSSR count). The quantitative estimate of drug-likeness (QED) is 0.677. The smallest absolute Gasteiger partial charge is 0.350 e. The van der Waals surface area contributed by atoms with Crippen molar-refractivity contribution in [2.75, 3.05) is 6.61 Å². The number of fused-ring (bicyclic) bond motifs is 1. The first-order chi connectivity index (χ1) is 8.43. The first kappa shape index (κ1) is 12.9. The third-order valence-electron chi connectivity index (χ3n) is 2.41. The van der Waals surface area contributed by atoms with Gasteiger partial charge in [-0.3, -0.25) is 0 Å². The number of H-pyrrole nitrogens is 1. The van der Waals surface area contributed by atoms with Crippen LogP contribution in [0.3, 0.4) is 0 Å². The van der Waals surface area contributed by atoms with E-state index in [9.17, 15) is 12.3 Å². The van der Waals surface area contributed by atoms with Crippen molar-refractivity contribution in [3.63, 3.8) is 0 Å². The molecule has 98 valence electrons. The molecule has 8 heteroatoms. The van der Waals surface area contributed by atoms with Gasteiger partial charge < -0.3 is 9.72 Å². The summed E-state index contributed by atoms with van der Waals surface area (Å²) < 4.78 is 40.6. The highest BCUT2D eigenvalue weighted by Crippen LogP contribution is 2.23. The van der Waals surface area contributed by atoms with Crippen molar-refractivity contribution in [1.29, 1.82) is 0 Å². The van der Waals surface area contributed by atoms with Crippen molar-refractivity contribution in [3.05, 3.63) is 18.1 Å². The van der Waals surface area contributed by atoms with Gasteiger partial charge in [0.25, 0.3) is 0 Å². The lowest BCUT2D eigenvalue weighted by Crippen LogP contribution is -2.09. The topological polar surface area (TPSA) is 84.9 Å². The van der Waals surface area contributed by atoms with Crippen molar-refractivity contribution in [2.45, 2.75) is 25.0 Å². The fraction of sp³-hybridized carbons (Fsp3) is 0.400. The van der Waals surface area contributed by atoms with Gasteiger partial charge in [-0.15, -0.1) is 0 Å². The number of nitrogens with zero attached hydrogens (tertiary/aromatic N) is 2. The molecule has 1 unspecified atom stereocenters. The Balaban J connectivity index is 2.65. The second kappa shape index (κ2) is 4.62. The minimum Gasteiger partial charge on any atom is -0.371 e. The number of halogens is 1. The molecule has 0 amide bonds. The summed E-state index contributed by atoms with van der Waals surface area (Å²) in [5, 5.41) is -0.500. The van der Waals surface area contributed by atoms with Crippen LogP contribution in [0.1, 0.15) is 25.8 Å². The normalized spacial score (nSPS) is 13.9. The second-order valence-electron chi connectivity index (χ2n) is 3.66. The Morgan fingerprint density at radius 3 is 2.83 bits per heavy atom. The van der Waals surface area contributed by atoms with E-state index in [0.717, 1.165) is 0 Å². The van der Waals surface area contributed by atoms with Crippen molar-refractivity contribution in [3.8, 4) is 0 Å². The lowest BCUT2D eigenvalue weighted by atomic mass is 10.3. The molecule has 0 aliphatic rings. The summed E-state index contributed by atoms with van der Waals surface area (Å²) >= 11 is 0. The highest BCUT2D eigenvalue weighted by Gasteiger charge is 2.22. The van der Waals surface area contributed by atoms with Gasteiger partial charge in [-0.25, -0.2) is 9.97 Å². The van der Waals surface area contributed by atoms with E-state index in [1.165, 1.54) is 12.3 Å². The molecule has 0 bridgehead atoms. The average Bonchev–Trinajstić information content (AvgIpc) is 2.74. The maximum Gasteiger partial charge on any atom is 0.350 e. The maximum atomic E-state index is 13.2. The largest absolute Gasteiger partial charge is 0.371 e. The van der Waals surface area contributed by atoms with E-state index < -0.39 is 21.4 Å². The summed E-state index contributed by atoms with van der Waals surface area (Å²) in [6, 6.07) is 1.41. The number of hydrogen-bond acceptors (Lipinski definition) is 5. The van der Waals surface area contributed by atoms with E-state index in [-0.39, 0.29) is 16.9 Å². The van der Waals surface area contributed by atoms with Crippen molar-refractivity contribution in [2.24, 2.45) is 0 Å². The summed E-state index contributed by atoms with van der Waals surface area (Å²) in [6.45, 7) is 3.88. The van der Waals surface area contributed by atoms with Crippen LogP contribution in [0, 0.1) is 0 Å². The monoisotopic (exact) mass is 273 g/mol. The van der Waals surface area contributed by atoms with E-state index in [2.05, 4.69) is 15.0 Å². The third-order valence-corrected chi connectivity index (χ3v) is 3.18. The van der Waals surface area contributed by atoms with Gasteiger partial charge in [0.1, 0.15) is 11.8 Å². The van der Waals surface area contributed by atoms with Crippen molar-refractivity contribution in [1.82, 2.24) is 15.0 Å². The van der Waals surface area contributed by atoms with E-state index in [4.69, 9.17) is 4.74 Å². The van der Waals surface area contributed by atoms with E-state index in [1.807, 2.05) is 0 Å². The Bertz CT molecular complexity index is 668. The van der Waals surface area contributed by atoms with Gasteiger partial charge in [0.05, 0.1) is 5.39 Å². The zero-order chi connectivity index (χ0) is 13.3. The van der Waals surface area contributed by atoms with E-state index in [0.29, 0.717) is 6.61 Å². The molecule has 0 saturated heterocycles. The molecule has 0 aliphatic carbocycles. The molecule has 1 atom stereocenters. The van der Waals surface area contributed by atoms with Gasteiger partial charge >= 0.3 is 10.2 Å². The molecule has 1 N–H and O–H groups in total. The number of ether oxygens (including phenoxy) is 1. The summed E-state index contributed by atoms with van der Waals surface area (Å²) in [7, 11) is -4.90. The van der Waals surface area contributed by atoms with Crippen molar-refractivity contribution >= 4 is 21.3 Å². The predicted octanol–water partition coefficient (Wildman–Crippen LogP) is 1.71. The molecule has 0 fully saturated rings. The molecule has 2 aromatic rings. The minimum atomic E-state index is -4.90. The van der Waals surface area contributed by atoms with E-state index in [1.54, 1.807) is 13.8 Å². The number of rotatable bonds is 4. The van der Waals surface area contributed by atoms with E-state index >= 15 is 0 Å². The summed E-state index contributed by atoms with van der Waals surface area (Å²) in [4.78, 5) is 10.6. The third kappa shape index (κ3) is 2.34. The summed E-state index contributed by atoms with van der Waals surface area (Å²) in [6.07, 6.45) is 0.964. The second-order valence-corrected chi connectivity index (χ2v) is 4.92. The van der Waals surface area contributed by atoms with Gasteiger partial charge in [0, 0.05) is 12.8 Å². The summed E-state index contributed by atoms with van der Waals surface area (Å²) in [5.41, 5.74) is 0.266. The zero-order valence-electron chi connectivity index (χ0n) is 9.84. The molecule has 2 aromatic heterocycles. The SMILES string of the molecule is CCOC(C)c1nc(S(=O)(=O)F)c2cc[nH]c2n1. The van der Waals surface area contributed by atoms with Crippen LogP contribution in [0.4, 0.5) is 3.89 Å². The van der Waals surface area contributed by atoms with Gasteiger partial charge in [-0.2, -0.15) is 8.42 Å². The number of aromatic amines is 1. The highest BCUT2D eigenvalue weighted by molar-refractivity contribution is 7.86. The van der Waals surface area contributed by atoms with Crippen LogP contribution in [-0.4, -0.2) is 30.0 Å². The molecule has 0 saturated carbocycles. The molecule has 0 aromatic carbocycles. The molecule has 2 heterocycles. The highest BCUT2D eigenvalue weighted by atomic mass is 32.3. The van der Waals surface area contributed by atoms with Gasteiger partial charge in [-0.05, 0) is 19.9 Å². The standard InChI is InChI=1S/C10H12FN3O3S/c1-3-17-6(2)8-13-9-7(4-5-12-9)10(14-8)18(11,15)16/h4-6H,3H2,1-2H3,(H,12,13,14). The van der Waals surface area contributed by atoms with Crippen LogP contribution >= 0.6 is 0 Å². The Morgan fingerprint density at radius 1 is 1.50 bits per heavy atom. The minimum absolute atomic E-state index is 0.128. The average molecular weight is 273 g/mol. The first-order valence-corrected chi connectivity index (χ1v) is 6.73. The number of aromatic nitrogens is 3. The Labute approximate surface area is 103 Å². The number of nitrogens with one attached hydrogen (secondary N) is 1. The molecule has 0 radical (unpaired) electrons. The van der Waals surface area contributed by atoms with Crippen LogP contribution in [0.5, 0.6) is 0 Å². The van der Waals surface area contributed by atoms with Crippen LogP contribution in [-0.2, 0) is 15.0 Å². The van der Waals surface area contributed by atoms with Gasteiger partial charge in [0.2, 0.25) is 0 Å². The molecule has 0 aliphatic heterocycles. The van der Waals surface area contributed by atoms with Gasteiger partial charge in [0.15, 0.2) is 10.9 Å². The molecular weight excluding hydrogens is 261 g/mol. The molecular formula is C10H12FN3O3S. The Kier molecular flexibility index (Phi) is 3.31. The zero-order valence-corrected chi connectivity index (χ0v) is 10.7. The van der Waals surface area contributed by atoms with Crippen molar-refractivity contribution < 1.29 is 17.0 Å².